The van der Waals surface area contributed by atoms with Gasteiger partial charge in [0.15, 0.2) is 6.19 Å². The van der Waals surface area contributed by atoms with Gasteiger partial charge in [0.25, 0.3) is 5.91 Å². The molecule has 1 saturated carbocycles. The van der Waals surface area contributed by atoms with E-state index in [1.165, 1.54) is 0 Å². The molecular weight excluding hydrogens is 426 g/mol. The second kappa shape index (κ2) is 12.6. The summed E-state index contributed by atoms with van der Waals surface area (Å²) in [6, 6.07) is 17.7. The number of hydrogen-bond acceptors (Lipinski definition) is 4. The van der Waals surface area contributed by atoms with Crippen LogP contribution in [-0.2, 0) is 0 Å². The van der Waals surface area contributed by atoms with Crippen LogP contribution in [0.4, 0.5) is 0 Å². The van der Waals surface area contributed by atoms with E-state index in [1.807, 2.05) is 49.5 Å². The molecule has 1 unspecified atom stereocenters. The van der Waals surface area contributed by atoms with Crippen LogP contribution in [0.15, 0.2) is 59.6 Å². The van der Waals surface area contributed by atoms with E-state index in [4.69, 9.17) is 10.00 Å². The number of nitriles is 1. The van der Waals surface area contributed by atoms with Crippen LogP contribution in [-0.4, -0.2) is 43.0 Å². The molecule has 1 aliphatic carbocycles. The molecule has 1 atom stereocenters. The average Bonchev–Trinajstić information content (AvgIpc) is 2.89. The first-order chi connectivity index (χ1) is 16.6. The van der Waals surface area contributed by atoms with Crippen molar-refractivity contribution in [1.82, 2.24) is 15.5 Å². The van der Waals surface area contributed by atoms with Gasteiger partial charge in [-0.25, -0.2) is 0 Å². The number of hydrogen-bond donors (Lipinski definition) is 2. The monoisotopic (exact) mass is 461 g/mol. The normalized spacial score (nSPS) is 18.9. The SMILES string of the molecule is CCN=C(NC#N)N(CC)[C@H]1CC[C@@H](C(NC(=O)c2ccccc2OC)c2ccccc2)CC1. The number of carbonyl (C=O) groups excluding carboxylic acids is 1. The van der Waals surface area contributed by atoms with E-state index in [0.717, 1.165) is 37.8 Å². The molecule has 180 valence electrons. The van der Waals surface area contributed by atoms with E-state index in [0.29, 0.717) is 35.8 Å². The van der Waals surface area contributed by atoms with Crippen LogP contribution >= 0.6 is 0 Å². The molecule has 7 heteroatoms. The summed E-state index contributed by atoms with van der Waals surface area (Å²) in [6.07, 6.45) is 5.91. The predicted molar refractivity (Wildman–Crippen MR) is 134 cm³/mol. The second-order valence-electron chi connectivity index (χ2n) is 8.45. The first-order valence-electron chi connectivity index (χ1n) is 12.1. The van der Waals surface area contributed by atoms with Crippen molar-refractivity contribution in [2.75, 3.05) is 20.2 Å². The van der Waals surface area contributed by atoms with Gasteiger partial charge in [-0.1, -0.05) is 42.5 Å². The van der Waals surface area contributed by atoms with Crippen molar-refractivity contribution in [3.8, 4) is 11.9 Å². The van der Waals surface area contributed by atoms with Crippen LogP contribution in [0.1, 0.15) is 61.5 Å². The maximum absolute atomic E-state index is 13.2. The highest BCUT2D eigenvalue weighted by Gasteiger charge is 2.33. The lowest BCUT2D eigenvalue weighted by molar-refractivity contribution is 0.0900. The smallest absolute Gasteiger partial charge is 0.255 e. The zero-order valence-corrected chi connectivity index (χ0v) is 20.3. The van der Waals surface area contributed by atoms with Crippen molar-refractivity contribution >= 4 is 11.9 Å². The standard InChI is InChI=1S/C27H35N5O2/c1-4-29-27(30-19-28)32(5-2)22-17-15-21(16-18-22)25(20-11-7-6-8-12-20)31-26(33)23-13-9-10-14-24(23)34-3/h6-14,21-22,25H,4-5,15-18H2,1-3H3,(H,29,30)(H,31,33)/t21-,22+,25?. The van der Waals surface area contributed by atoms with Crippen molar-refractivity contribution in [2.24, 2.45) is 10.9 Å². The molecule has 0 heterocycles. The number of carbonyl (C=O) groups is 1. The molecule has 1 aliphatic rings. The van der Waals surface area contributed by atoms with E-state index in [-0.39, 0.29) is 11.9 Å². The topological polar surface area (TPSA) is 89.8 Å². The summed E-state index contributed by atoms with van der Waals surface area (Å²) in [5.74, 6) is 1.41. The van der Waals surface area contributed by atoms with Crippen LogP contribution in [0.3, 0.4) is 0 Å². The number of benzene rings is 2. The highest BCUT2D eigenvalue weighted by Crippen LogP contribution is 2.36. The maximum atomic E-state index is 13.2. The summed E-state index contributed by atoms with van der Waals surface area (Å²) in [6.45, 7) is 5.48. The third-order valence-corrected chi connectivity index (χ3v) is 6.54. The van der Waals surface area contributed by atoms with Crippen molar-refractivity contribution in [2.45, 2.75) is 51.6 Å². The first-order valence-corrected chi connectivity index (χ1v) is 12.1. The van der Waals surface area contributed by atoms with Crippen LogP contribution < -0.4 is 15.4 Å². The van der Waals surface area contributed by atoms with Gasteiger partial charge in [0.05, 0.1) is 18.7 Å². The van der Waals surface area contributed by atoms with Crippen molar-refractivity contribution < 1.29 is 9.53 Å². The predicted octanol–water partition coefficient (Wildman–Crippen LogP) is 4.49. The van der Waals surface area contributed by atoms with Crippen molar-refractivity contribution in [1.29, 1.82) is 5.26 Å². The molecule has 0 radical (unpaired) electrons. The summed E-state index contributed by atoms with van der Waals surface area (Å²) in [4.78, 5) is 19.9. The maximum Gasteiger partial charge on any atom is 0.255 e. The number of rotatable bonds is 8. The Morgan fingerprint density at radius 1 is 1.12 bits per heavy atom. The molecule has 2 aromatic carbocycles. The molecule has 7 nitrogen and oxygen atoms in total. The summed E-state index contributed by atoms with van der Waals surface area (Å²) in [5, 5.41) is 15.2. The Morgan fingerprint density at radius 2 is 1.79 bits per heavy atom. The zero-order valence-electron chi connectivity index (χ0n) is 20.3. The summed E-state index contributed by atoms with van der Waals surface area (Å²) in [7, 11) is 1.58. The van der Waals surface area contributed by atoms with Gasteiger partial charge in [-0.05, 0) is 63.1 Å². The van der Waals surface area contributed by atoms with Crippen molar-refractivity contribution in [3.05, 3.63) is 65.7 Å². The van der Waals surface area contributed by atoms with Crippen LogP contribution in [0, 0.1) is 17.4 Å². The van der Waals surface area contributed by atoms with E-state index < -0.39 is 0 Å². The molecule has 2 N–H and O–H groups in total. The van der Waals surface area contributed by atoms with Gasteiger partial charge in [0, 0.05) is 19.1 Å². The molecule has 34 heavy (non-hydrogen) atoms. The zero-order chi connectivity index (χ0) is 24.3. The Balaban J connectivity index is 1.77. The fraction of sp³-hybridized carbons (Fsp3) is 0.444. The molecular formula is C27H35N5O2. The van der Waals surface area contributed by atoms with Gasteiger partial charge < -0.3 is 15.0 Å². The third-order valence-electron chi connectivity index (χ3n) is 6.54. The molecule has 1 amide bonds. The summed E-state index contributed by atoms with van der Waals surface area (Å²) >= 11 is 0. The number of nitrogens with one attached hydrogen (secondary N) is 2. The number of amides is 1. The van der Waals surface area contributed by atoms with Crippen molar-refractivity contribution in [3.63, 3.8) is 0 Å². The first kappa shape index (κ1) is 25.1. The molecule has 2 aromatic rings. The minimum Gasteiger partial charge on any atom is -0.496 e. The molecule has 0 bridgehead atoms. The molecule has 3 rings (SSSR count). The number of ether oxygens (including phenoxy) is 1. The highest BCUT2D eigenvalue weighted by atomic mass is 16.5. The Morgan fingerprint density at radius 3 is 2.41 bits per heavy atom. The summed E-state index contributed by atoms with van der Waals surface area (Å²) < 4.78 is 5.41. The number of guanidine groups is 1. The van der Waals surface area contributed by atoms with Crippen LogP contribution in [0.25, 0.3) is 0 Å². The highest BCUT2D eigenvalue weighted by molar-refractivity contribution is 5.97. The van der Waals surface area contributed by atoms with Crippen LogP contribution in [0.2, 0.25) is 0 Å². The quantitative estimate of drug-likeness (QED) is 0.262. The fourth-order valence-corrected chi connectivity index (χ4v) is 4.91. The Kier molecular flexibility index (Phi) is 9.33. The lowest BCUT2D eigenvalue weighted by Gasteiger charge is -2.40. The molecule has 0 aliphatic heterocycles. The Hall–Kier alpha value is -3.53. The number of aliphatic imine (C=N–C) groups is 1. The minimum atomic E-state index is -0.126. The van der Waals surface area contributed by atoms with Gasteiger partial charge in [0.1, 0.15) is 5.75 Å². The lowest BCUT2D eigenvalue weighted by Crippen LogP contribution is -2.48. The average molecular weight is 462 g/mol. The lowest BCUT2D eigenvalue weighted by atomic mass is 9.78. The largest absolute Gasteiger partial charge is 0.496 e. The minimum absolute atomic E-state index is 0.0874. The van der Waals surface area contributed by atoms with Gasteiger partial charge in [0.2, 0.25) is 5.96 Å². The molecule has 0 aromatic heterocycles. The number of para-hydroxylation sites is 1. The molecule has 1 fully saturated rings. The van der Waals surface area contributed by atoms with Gasteiger partial charge in [-0.15, -0.1) is 0 Å². The molecule has 0 saturated heterocycles. The fourth-order valence-electron chi connectivity index (χ4n) is 4.91. The van der Waals surface area contributed by atoms with E-state index in [1.54, 1.807) is 13.2 Å². The van der Waals surface area contributed by atoms with Gasteiger partial charge in [-0.3, -0.25) is 15.1 Å². The summed E-state index contributed by atoms with van der Waals surface area (Å²) in [5.41, 5.74) is 1.65. The Bertz CT molecular complexity index is 994. The third kappa shape index (κ3) is 6.07. The second-order valence-corrected chi connectivity index (χ2v) is 8.45. The molecule has 0 spiro atoms. The van der Waals surface area contributed by atoms with Gasteiger partial charge in [-0.2, -0.15) is 5.26 Å². The Labute approximate surface area is 202 Å². The van der Waals surface area contributed by atoms with E-state index in [2.05, 4.69) is 39.6 Å². The van der Waals surface area contributed by atoms with Gasteiger partial charge >= 0.3 is 0 Å². The number of nitrogens with zero attached hydrogens (tertiary/aromatic N) is 3. The van der Waals surface area contributed by atoms with Crippen LogP contribution in [0.5, 0.6) is 5.75 Å². The van der Waals surface area contributed by atoms with E-state index >= 15 is 0 Å². The van der Waals surface area contributed by atoms with E-state index in [9.17, 15) is 4.79 Å². The number of methoxy groups -OCH3 is 1.